The average Bonchev–Trinajstić information content (AvgIpc) is 2.44. The molecular weight excluding hydrogens is 393 g/mol. The van der Waals surface area contributed by atoms with Crippen LogP contribution in [-0.2, 0) is 9.47 Å². The molecular formula is C16H32IN3O2. The summed E-state index contributed by atoms with van der Waals surface area (Å²) in [5.74, 6) is 1.12. The predicted molar refractivity (Wildman–Crippen MR) is 101 cm³/mol. The van der Waals surface area contributed by atoms with Crippen LogP contribution in [0.3, 0.4) is 0 Å². The maximum atomic E-state index is 6.16. The lowest BCUT2D eigenvalue weighted by molar-refractivity contribution is -0.0824. The van der Waals surface area contributed by atoms with Crippen LogP contribution in [0.25, 0.3) is 0 Å². The smallest absolute Gasteiger partial charge is 0.191 e. The van der Waals surface area contributed by atoms with Gasteiger partial charge in [-0.1, -0.05) is 20.8 Å². The van der Waals surface area contributed by atoms with E-state index in [1.54, 1.807) is 0 Å². The minimum Gasteiger partial charge on any atom is -0.377 e. The van der Waals surface area contributed by atoms with E-state index < -0.39 is 0 Å². The van der Waals surface area contributed by atoms with E-state index in [4.69, 9.17) is 15.2 Å². The van der Waals surface area contributed by atoms with E-state index in [2.05, 4.69) is 37.6 Å². The number of nitrogens with two attached hydrogens (primary N) is 1. The van der Waals surface area contributed by atoms with Crippen LogP contribution in [0.5, 0.6) is 0 Å². The number of morpholine rings is 1. The third-order valence-corrected chi connectivity index (χ3v) is 4.35. The Balaban J connectivity index is 0.00000242. The molecule has 0 aromatic heterocycles. The molecule has 0 aliphatic carbocycles. The molecule has 0 amide bonds. The highest BCUT2D eigenvalue weighted by atomic mass is 127. The van der Waals surface area contributed by atoms with Crippen molar-refractivity contribution in [2.75, 3.05) is 32.8 Å². The molecule has 22 heavy (non-hydrogen) atoms. The first kappa shape index (κ1) is 20.0. The summed E-state index contributed by atoms with van der Waals surface area (Å²) < 4.78 is 11.5. The summed E-state index contributed by atoms with van der Waals surface area (Å²) in [6.07, 6.45) is 2.80. The van der Waals surface area contributed by atoms with Gasteiger partial charge in [-0.25, -0.2) is 0 Å². The van der Waals surface area contributed by atoms with E-state index in [9.17, 15) is 0 Å². The molecule has 130 valence electrons. The standard InChI is InChI=1S/C16H31N3O2.HI/c1-12-11-19(7-9-20-12)15(17)18-10-13-6-5-8-21-14(13)16(2,3)4;/h12-14H,5-11H2,1-4H3,(H2,17,18);1H. The third-order valence-electron chi connectivity index (χ3n) is 4.35. The number of aliphatic imine (C=N–C) groups is 1. The molecule has 2 aliphatic heterocycles. The maximum absolute atomic E-state index is 6.16. The minimum absolute atomic E-state index is 0. The fourth-order valence-electron chi connectivity index (χ4n) is 3.32. The molecule has 6 heteroatoms. The van der Waals surface area contributed by atoms with Gasteiger partial charge in [-0.05, 0) is 25.2 Å². The Kier molecular flexibility index (Phi) is 7.88. The molecule has 2 heterocycles. The Morgan fingerprint density at radius 2 is 2.00 bits per heavy atom. The van der Waals surface area contributed by atoms with Gasteiger partial charge in [0.2, 0.25) is 0 Å². The van der Waals surface area contributed by atoms with Crippen LogP contribution in [0.4, 0.5) is 0 Å². The molecule has 0 radical (unpaired) electrons. The molecule has 0 saturated carbocycles. The van der Waals surface area contributed by atoms with Gasteiger partial charge in [-0.15, -0.1) is 24.0 Å². The van der Waals surface area contributed by atoms with Crippen LogP contribution in [-0.4, -0.2) is 55.9 Å². The van der Waals surface area contributed by atoms with Gasteiger partial charge in [0, 0.05) is 32.2 Å². The van der Waals surface area contributed by atoms with Crippen LogP contribution in [0.15, 0.2) is 4.99 Å². The molecule has 0 spiro atoms. The van der Waals surface area contributed by atoms with Crippen molar-refractivity contribution in [1.82, 2.24) is 4.90 Å². The third kappa shape index (κ3) is 5.53. The Labute approximate surface area is 152 Å². The van der Waals surface area contributed by atoms with Gasteiger partial charge in [-0.2, -0.15) is 0 Å². The summed E-state index contributed by atoms with van der Waals surface area (Å²) in [4.78, 5) is 6.78. The van der Waals surface area contributed by atoms with Crippen LogP contribution in [0.1, 0.15) is 40.5 Å². The lowest BCUT2D eigenvalue weighted by Crippen LogP contribution is -2.48. The van der Waals surface area contributed by atoms with Gasteiger partial charge >= 0.3 is 0 Å². The Hall–Kier alpha value is -0.0800. The minimum atomic E-state index is 0. The van der Waals surface area contributed by atoms with E-state index in [1.165, 1.54) is 6.42 Å². The molecule has 5 nitrogen and oxygen atoms in total. The lowest BCUT2D eigenvalue weighted by Gasteiger charge is -2.40. The second-order valence-electron chi connectivity index (χ2n) is 7.39. The van der Waals surface area contributed by atoms with Gasteiger partial charge in [0.05, 0.1) is 18.8 Å². The fourth-order valence-corrected chi connectivity index (χ4v) is 3.32. The number of halogens is 1. The molecule has 3 unspecified atom stereocenters. The molecule has 2 rings (SSSR count). The highest BCUT2D eigenvalue weighted by Gasteiger charge is 2.35. The van der Waals surface area contributed by atoms with Crippen molar-refractivity contribution < 1.29 is 9.47 Å². The van der Waals surface area contributed by atoms with Crippen molar-refractivity contribution in [1.29, 1.82) is 0 Å². The zero-order chi connectivity index (χ0) is 15.5. The zero-order valence-corrected chi connectivity index (χ0v) is 16.7. The summed E-state index contributed by atoms with van der Waals surface area (Å²) in [5, 5.41) is 0. The number of nitrogens with zero attached hydrogens (tertiary/aromatic N) is 2. The van der Waals surface area contributed by atoms with Gasteiger partial charge in [-0.3, -0.25) is 4.99 Å². The normalized spacial score (nSPS) is 30.8. The number of rotatable bonds is 2. The van der Waals surface area contributed by atoms with Crippen LogP contribution in [0, 0.1) is 11.3 Å². The summed E-state index contributed by atoms with van der Waals surface area (Å²) in [5.41, 5.74) is 6.32. The summed E-state index contributed by atoms with van der Waals surface area (Å²) >= 11 is 0. The van der Waals surface area contributed by atoms with Gasteiger partial charge in [0.15, 0.2) is 5.96 Å². The molecule has 2 saturated heterocycles. The van der Waals surface area contributed by atoms with Crippen LogP contribution >= 0.6 is 24.0 Å². The first-order chi connectivity index (χ1) is 9.88. The van der Waals surface area contributed by atoms with Gasteiger partial charge in [0.1, 0.15) is 0 Å². The molecule has 2 fully saturated rings. The first-order valence-corrected chi connectivity index (χ1v) is 8.16. The van der Waals surface area contributed by atoms with Crippen molar-refractivity contribution in [3.63, 3.8) is 0 Å². The van der Waals surface area contributed by atoms with E-state index >= 15 is 0 Å². The molecule has 0 bridgehead atoms. The molecule has 2 aliphatic rings. The van der Waals surface area contributed by atoms with Gasteiger partial charge < -0.3 is 20.1 Å². The van der Waals surface area contributed by atoms with Gasteiger partial charge in [0.25, 0.3) is 0 Å². The lowest BCUT2D eigenvalue weighted by atomic mass is 9.78. The van der Waals surface area contributed by atoms with E-state index in [-0.39, 0.29) is 41.6 Å². The molecule has 2 N–H and O–H groups in total. The molecule has 3 atom stereocenters. The van der Waals surface area contributed by atoms with E-state index in [0.29, 0.717) is 11.9 Å². The Morgan fingerprint density at radius 1 is 1.27 bits per heavy atom. The average molecular weight is 425 g/mol. The number of hydrogen-bond acceptors (Lipinski definition) is 3. The van der Waals surface area contributed by atoms with Crippen molar-refractivity contribution in [2.45, 2.75) is 52.7 Å². The topological polar surface area (TPSA) is 60.1 Å². The van der Waals surface area contributed by atoms with Crippen molar-refractivity contribution in [3.8, 4) is 0 Å². The Bertz CT molecular complexity index is 371. The maximum Gasteiger partial charge on any atom is 0.191 e. The van der Waals surface area contributed by atoms with Crippen molar-refractivity contribution >= 4 is 29.9 Å². The quantitative estimate of drug-likeness (QED) is 0.420. The highest BCUT2D eigenvalue weighted by Crippen LogP contribution is 2.34. The highest BCUT2D eigenvalue weighted by molar-refractivity contribution is 14.0. The first-order valence-electron chi connectivity index (χ1n) is 8.16. The fraction of sp³-hybridized carbons (Fsp3) is 0.938. The molecule has 0 aromatic rings. The van der Waals surface area contributed by atoms with Crippen molar-refractivity contribution in [2.24, 2.45) is 22.1 Å². The predicted octanol–water partition coefficient (Wildman–Crippen LogP) is 2.48. The van der Waals surface area contributed by atoms with E-state index in [1.807, 2.05) is 0 Å². The second kappa shape index (κ2) is 8.68. The monoisotopic (exact) mass is 425 g/mol. The second-order valence-corrected chi connectivity index (χ2v) is 7.39. The zero-order valence-electron chi connectivity index (χ0n) is 14.4. The van der Waals surface area contributed by atoms with Crippen molar-refractivity contribution in [3.05, 3.63) is 0 Å². The van der Waals surface area contributed by atoms with Crippen LogP contribution in [0.2, 0.25) is 0 Å². The Morgan fingerprint density at radius 3 is 2.64 bits per heavy atom. The largest absolute Gasteiger partial charge is 0.377 e. The SMILES string of the molecule is CC1CN(C(N)=NCC2CCCOC2C(C)(C)C)CCO1.I. The molecule has 0 aromatic carbocycles. The van der Waals surface area contributed by atoms with Crippen LogP contribution < -0.4 is 5.73 Å². The number of guanidine groups is 1. The number of ether oxygens (including phenoxy) is 2. The van der Waals surface area contributed by atoms with E-state index in [0.717, 1.165) is 39.3 Å². The summed E-state index contributed by atoms with van der Waals surface area (Å²) in [6, 6.07) is 0. The summed E-state index contributed by atoms with van der Waals surface area (Å²) in [7, 11) is 0. The number of hydrogen-bond donors (Lipinski definition) is 1. The summed E-state index contributed by atoms with van der Waals surface area (Å²) in [6.45, 7) is 12.8.